The fourth-order valence-corrected chi connectivity index (χ4v) is 1.08. The second-order valence-electron chi connectivity index (χ2n) is 4.31. The fourth-order valence-electron chi connectivity index (χ4n) is 1.08. The van der Waals surface area contributed by atoms with Gasteiger partial charge in [-0.2, -0.15) is 0 Å². The number of carbonyl (C=O) groups excluding carboxylic acids is 2. The first-order chi connectivity index (χ1) is 7.40. The Hall–Kier alpha value is -1.84. The van der Waals surface area contributed by atoms with Crippen molar-refractivity contribution in [3.8, 4) is 0 Å². The highest BCUT2D eigenvalue weighted by Gasteiger charge is 2.16. The number of carbonyl (C=O) groups is 1. The number of anilines is 1. The van der Waals surface area contributed by atoms with Crippen molar-refractivity contribution in [2.45, 2.75) is 26.4 Å². The van der Waals surface area contributed by atoms with Gasteiger partial charge in [0, 0.05) is 11.3 Å². The van der Waals surface area contributed by atoms with Gasteiger partial charge in [0.15, 0.2) is 0 Å². The van der Waals surface area contributed by atoms with Crippen molar-refractivity contribution in [1.82, 2.24) is 0 Å². The first kappa shape index (κ1) is 12.2. The van der Waals surface area contributed by atoms with Crippen LogP contribution in [0, 0.1) is 0 Å². The van der Waals surface area contributed by atoms with E-state index in [0.29, 0.717) is 11.3 Å². The molecule has 1 rings (SSSR count). The van der Waals surface area contributed by atoms with Crippen molar-refractivity contribution in [2.75, 3.05) is 5.32 Å². The molecule has 0 heterocycles. The first-order valence-corrected chi connectivity index (χ1v) is 4.89. The molecular weight excluding hydrogens is 206 g/mol. The molecule has 0 aliphatic rings. The maximum atomic E-state index is 11.4. The Morgan fingerprint density at radius 2 is 2.06 bits per heavy atom. The van der Waals surface area contributed by atoms with E-state index in [2.05, 4.69) is 5.32 Å². The molecule has 0 spiro atoms. The number of amides is 1. The standard InChI is InChI=1S/C12H14NO3/c1-12(2,3)16-11(15)13-10-6-4-5-9(7-10)8-14/h4-7H,1-3H3,(H,13,15). The van der Waals surface area contributed by atoms with Gasteiger partial charge in [-0.25, -0.2) is 4.79 Å². The summed E-state index contributed by atoms with van der Waals surface area (Å²) in [7, 11) is 0. The lowest BCUT2D eigenvalue weighted by molar-refractivity contribution is 0.0636. The minimum absolute atomic E-state index is 0.383. The van der Waals surface area contributed by atoms with Crippen LogP contribution in [0.5, 0.6) is 0 Å². The molecule has 0 saturated carbocycles. The van der Waals surface area contributed by atoms with Crippen LogP contribution in [0.3, 0.4) is 0 Å². The summed E-state index contributed by atoms with van der Waals surface area (Å²) in [5, 5.41) is 2.53. The Balaban J connectivity index is 2.66. The molecule has 0 aromatic heterocycles. The number of hydrogen-bond acceptors (Lipinski definition) is 3. The Morgan fingerprint density at radius 1 is 1.38 bits per heavy atom. The van der Waals surface area contributed by atoms with Gasteiger partial charge in [-0.15, -0.1) is 0 Å². The number of ether oxygens (including phenoxy) is 1. The van der Waals surface area contributed by atoms with Gasteiger partial charge in [0.25, 0.3) is 0 Å². The van der Waals surface area contributed by atoms with Crippen LogP contribution in [0.25, 0.3) is 0 Å². The Bertz CT molecular complexity index is 393. The van der Waals surface area contributed by atoms with Crippen LogP contribution in [0.15, 0.2) is 24.3 Å². The van der Waals surface area contributed by atoms with Crippen LogP contribution in [0.2, 0.25) is 0 Å². The summed E-state index contributed by atoms with van der Waals surface area (Å²) in [4.78, 5) is 21.8. The van der Waals surface area contributed by atoms with Crippen LogP contribution in [-0.4, -0.2) is 18.0 Å². The summed E-state index contributed by atoms with van der Waals surface area (Å²) >= 11 is 0. The highest BCUT2D eigenvalue weighted by molar-refractivity contribution is 5.87. The van der Waals surface area contributed by atoms with E-state index in [9.17, 15) is 9.59 Å². The molecule has 4 heteroatoms. The highest BCUT2D eigenvalue weighted by atomic mass is 16.6. The lowest BCUT2D eigenvalue weighted by atomic mass is 10.2. The summed E-state index contributed by atoms with van der Waals surface area (Å²) in [6.07, 6.45) is 1.20. The van der Waals surface area contributed by atoms with E-state index in [0.717, 1.165) is 0 Å². The third kappa shape index (κ3) is 4.13. The Morgan fingerprint density at radius 3 is 2.62 bits per heavy atom. The van der Waals surface area contributed by atoms with E-state index in [4.69, 9.17) is 4.74 Å². The summed E-state index contributed by atoms with van der Waals surface area (Å²) < 4.78 is 5.07. The maximum Gasteiger partial charge on any atom is 0.412 e. The van der Waals surface area contributed by atoms with Gasteiger partial charge in [-0.3, -0.25) is 10.1 Å². The van der Waals surface area contributed by atoms with Crippen molar-refractivity contribution in [2.24, 2.45) is 0 Å². The Kier molecular flexibility index (Phi) is 3.66. The molecule has 0 aliphatic carbocycles. The van der Waals surface area contributed by atoms with Gasteiger partial charge < -0.3 is 4.74 Å². The van der Waals surface area contributed by atoms with Crippen LogP contribution >= 0.6 is 0 Å². The zero-order valence-corrected chi connectivity index (χ0v) is 9.53. The number of rotatable bonds is 2. The number of nitrogens with one attached hydrogen (secondary N) is 1. The zero-order chi connectivity index (χ0) is 12.2. The van der Waals surface area contributed by atoms with Crippen molar-refractivity contribution in [1.29, 1.82) is 0 Å². The van der Waals surface area contributed by atoms with Crippen molar-refractivity contribution in [3.63, 3.8) is 0 Å². The van der Waals surface area contributed by atoms with E-state index >= 15 is 0 Å². The molecule has 1 aromatic carbocycles. The molecule has 0 aliphatic heterocycles. The molecular formula is C12H14NO3. The summed E-state index contributed by atoms with van der Waals surface area (Å²) in [5.41, 5.74) is 0.349. The van der Waals surface area contributed by atoms with Crippen LogP contribution in [0.1, 0.15) is 26.3 Å². The summed E-state index contributed by atoms with van der Waals surface area (Å²) in [6.45, 7) is 5.34. The topological polar surface area (TPSA) is 55.4 Å². The van der Waals surface area contributed by atoms with Gasteiger partial charge in [0.1, 0.15) is 5.60 Å². The molecule has 0 unspecified atom stereocenters. The lowest BCUT2D eigenvalue weighted by Gasteiger charge is -2.19. The molecule has 0 bridgehead atoms. The average molecular weight is 220 g/mol. The third-order valence-corrected chi connectivity index (χ3v) is 1.63. The van der Waals surface area contributed by atoms with Crippen LogP contribution < -0.4 is 5.32 Å². The SMILES string of the molecule is CC(C)(C)OC(=O)Nc1cccc([C]=O)c1. The normalized spacial score (nSPS) is 10.7. The van der Waals surface area contributed by atoms with Crippen LogP contribution in [0.4, 0.5) is 10.5 Å². The van der Waals surface area contributed by atoms with Gasteiger partial charge >= 0.3 is 6.09 Å². The molecule has 0 atom stereocenters. The monoisotopic (exact) mass is 220 g/mol. The van der Waals surface area contributed by atoms with Gasteiger partial charge in [-0.05, 0) is 32.9 Å². The molecule has 1 radical (unpaired) electrons. The van der Waals surface area contributed by atoms with E-state index in [1.807, 2.05) is 0 Å². The first-order valence-electron chi connectivity index (χ1n) is 4.89. The minimum Gasteiger partial charge on any atom is -0.444 e. The second-order valence-corrected chi connectivity index (χ2v) is 4.31. The summed E-state index contributed by atoms with van der Waals surface area (Å²) in [6, 6.07) is 6.46. The van der Waals surface area contributed by atoms with Crippen molar-refractivity contribution in [3.05, 3.63) is 29.8 Å². The summed E-state index contributed by atoms with van der Waals surface area (Å²) in [5.74, 6) is 0. The third-order valence-electron chi connectivity index (χ3n) is 1.63. The number of hydrogen-bond donors (Lipinski definition) is 1. The predicted octanol–water partition coefficient (Wildman–Crippen LogP) is 2.49. The predicted molar refractivity (Wildman–Crippen MR) is 61.1 cm³/mol. The smallest absolute Gasteiger partial charge is 0.412 e. The molecule has 4 nitrogen and oxygen atoms in total. The van der Waals surface area contributed by atoms with Crippen molar-refractivity contribution >= 4 is 18.1 Å². The van der Waals surface area contributed by atoms with E-state index in [1.165, 1.54) is 6.07 Å². The molecule has 85 valence electrons. The molecule has 0 fully saturated rings. The second kappa shape index (κ2) is 4.79. The number of benzene rings is 1. The van der Waals surface area contributed by atoms with E-state index in [-0.39, 0.29) is 0 Å². The maximum absolute atomic E-state index is 11.4. The van der Waals surface area contributed by atoms with Gasteiger partial charge in [0.05, 0.1) is 0 Å². The fraction of sp³-hybridized carbons (Fsp3) is 0.333. The molecule has 1 N–H and O–H groups in total. The highest BCUT2D eigenvalue weighted by Crippen LogP contribution is 2.12. The van der Waals surface area contributed by atoms with E-state index in [1.54, 1.807) is 45.3 Å². The van der Waals surface area contributed by atoms with Crippen LogP contribution in [-0.2, 0) is 9.53 Å². The molecule has 0 saturated heterocycles. The molecule has 16 heavy (non-hydrogen) atoms. The molecule has 1 aromatic rings. The van der Waals surface area contributed by atoms with Gasteiger partial charge in [0.2, 0.25) is 6.29 Å². The Labute approximate surface area is 94.6 Å². The zero-order valence-electron chi connectivity index (χ0n) is 9.53. The van der Waals surface area contributed by atoms with Crippen molar-refractivity contribution < 1.29 is 14.3 Å². The largest absolute Gasteiger partial charge is 0.444 e. The minimum atomic E-state index is -0.546. The van der Waals surface area contributed by atoms with E-state index < -0.39 is 11.7 Å². The lowest BCUT2D eigenvalue weighted by Crippen LogP contribution is -2.27. The molecule has 1 amide bonds. The van der Waals surface area contributed by atoms with Gasteiger partial charge in [-0.1, -0.05) is 12.1 Å². The average Bonchev–Trinajstić information content (AvgIpc) is 2.15. The quantitative estimate of drug-likeness (QED) is 0.833.